The lowest BCUT2D eigenvalue weighted by atomic mass is 9.97. The van der Waals surface area contributed by atoms with Crippen molar-refractivity contribution in [1.29, 1.82) is 0 Å². The first-order valence-corrected chi connectivity index (χ1v) is 14.7. The maximum atomic E-state index is 13.6. The number of amides is 1. The van der Waals surface area contributed by atoms with Crippen molar-refractivity contribution in [1.82, 2.24) is 19.7 Å². The van der Waals surface area contributed by atoms with Gasteiger partial charge in [0.15, 0.2) is 0 Å². The van der Waals surface area contributed by atoms with E-state index in [9.17, 15) is 18.0 Å². The molecule has 1 aliphatic rings. The molecule has 0 bridgehead atoms. The van der Waals surface area contributed by atoms with E-state index >= 15 is 0 Å². The lowest BCUT2D eigenvalue weighted by molar-refractivity contribution is -0.116. The molecule has 11 heteroatoms. The minimum absolute atomic E-state index is 0.0123. The number of nitrogens with zero attached hydrogens (tertiary/aromatic N) is 4. The standard InChI is InChI=1S/C29H35N5O5S/c1-18(2)39-26-12-9-21(16-31-26)23-11-10-22(27(32-23)34-17-19(3)15-29(34,5)6)28(36)33-40(37,38)25-8-7-13-30-24(25)14-20(4)35/h7-13,16,18-19H,14-15,17H2,1-6H3,(H,33,36)/t19-/m0/s1. The largest absolute Gasteiger partial charge is 0.475 e. The van der Waals surface area contributed by atoms with Crippen LogP contribution in [0.15, 0.2) is 53.7 Å². The number of ketones is 1. The molecule has 4 heterocycles. The molecule has 1 N–H and O–H groups in total. The predicted octanol–water partition coefficient (Wildman–Crippen LogP) is 4.20. The number of sulfonamides is 1. The summed E-state index contributed by atoms with van der Waals surface area (Å²) >= 11 is 0. The monoisotopic (exact) mass is 565 g/mol. The number of carbonyl (C=O) groups excluding carboxylic acids is 2. The van der Waals surface area contributed by atoms with Crippen LogP contribution in [0.5, 0.6) is 5.88 Å². The Hall–Kier alpha value is -3.86. The number of nitrogens with one attached hydrogen (secondary N) is 1. The van der Waals surface area contributed by atoms with E-state index in [1.165, 1.54) is 25.3 Å². The molecule has 3 aromatic heterocycles. The molecular weight excluding hydrogens is 530 g/mol. The van der Waals surface area contributed by atoms with Gasteiger partial charge in [0.25, 0.3) is 15.9 Å². The second-order valence-corrected chi connectivity index (χ2v) is 12.8. The molecule has 212 valence electrons. The number of Topliss-reactive ketones (excluding diaryl/α,β-unsaturated/α-hetero) is 1. The highest BCUT2D eigenvalue weighted by Crippen LogP contribution is 2.38. The second-order valence-electron chi connectivity index (χ2n) is 11.1. The fourth-order valence-corrected chi connectivity index (χ4v) is 6.22. The maximum Gasteiger partial charge on any atom is 0.268 e. The van der Waals surface area contributed by atoms with Crippen molar-refractivity contribution in [2.24, 2.45) is 5.92 Å². The SMILES string of the molecule is CC(=O)Cc1ncccc1S(=O)(=O)NC(=O)c1ccc(-c2ccc(OC(C)C)nc2)nc1N1C[C@@H](C)CC1(C)C. The van der Waals surface area contributed by atoms with Gasteiger partial charge in [-0.05, 0) is 77.3 Å². The smallest absolute Gasteiger partial charge is 0.268 e. The molecule has 0 aromatic carbocycles. The first-order valence-electron chi connectivity index (χ1n) is 13.2. The predicted molar refractivity (Wildman–Crippen MR) is 152 cm³/mol. The zero-order chi connectivity index (χ0) is 29.2. The van der Waals surface area contributed by atoms with Crippen molar-refractivity contribution in [2.75, 3.05) is 11.4 Å². The van der Waals surface area contributed by atoms with Crippen molar-refractivity contribution >= 4 is 27.5 Å². The summed E-state index contributed by atoms with van der Waals surface area (Å²) in [6.07, 6.45) is 3.77. The molecule has 0 spiro atoms. The van der Waals surface area contributed by atoms with E-state index in [0.29, 0.717) is 29.9 Å². The summed E-state index contributed by atoms with van der Waals surface area (Å²) in [5.41, 5.74) is 1.20. The fraction of sp³-hybridized carbons (Fsp3) is 0.414. The Morgan fingerprint density at radius 3 is 2.50 bits per heavy atom. The Kier molecular flexibility index (Phi) is 8.25. The Labute approximate surface area is 235 Å². The Balaban J connectivity index is 1.73. The van der Waals surface area contributed by atoms with Gasteiger partial charge in [-0.15, -0.1) is 0 Å². The minimum atomic E-state index is -4.33. The lowest BCUT2D eigenvalue weighted by Crippen LogP contribution is -2.41. The van der Waals surface area contributed by atoms with Crippen LogP contribution in [0.3, 0.4) is 0 Å². The van der Waals surface area contributed by atoms with E-state index in [0.717, 1.165) is 12.0 Å². The Bertz CT molecular complexity index is 1520. The molecule has 0 radical (unpaired) electrons. The second kappa shape index (κ2) is 11.3. The average molecular weight is 566 g/mol. The van der Waals surface area contributed by atoms with Crippen LogP contribution in [0.25, 0.3) is 11.3 Å². The summed E-state index contributed by atoms with van der Waals surface area (Å²) < 4.78 is 34.4. The maximum absolute atomic E-state index is 13.6. The fourth-order valence-electron chi connectivity index (χ4n) is 5.06. The summed E-state index contributed by atoms with van der Waals surface area (Å²) in [4.78, 5) is 40.4. The van der Waals surface area contributed by atoms with Crippen LogP contribution in [-0.2, 0) is 21.2 Å². The van der Waals surface area contributed by atoms with Crippen molar-refractivity contribution in [2.45, 2.75) is 70.9 Å². The van der Waals surface area contributed by atoms with E-state index < -0.39 is 15.9 Å². The number of anilines is 1. The topological polar surface area (TPSA) is 131 Å². The molecular formula is C29H35N5O5S. The van der Waals surface area contributed by atoms with Crippen LogP contribution in [0.2, 0.25) is 0 Å². The first kappa shape index (κ1) is 29.1. The quantitative estimate of drug-likeness (QED) is 0.405. The number of carbonyl (C=O) groups is 2. The molecule has 1 fully saturated rings. The van der Waals surface area contributed by atoms with E-state index in [4.69, 9.17) is 9.72 Å². The van der Waals surface area contributed by atoms with Gasteiger partial charge in [0.2, 0.25) is 5.88 Å². The summed E-state index contributed by atoms with van der Waals surface area (Å²) in [6, 6.07) is 9.64. The third-order valence-corrected chi connectivity index (χ3v) is 8.02. The van der Waals surface area contributed by atoms with Gasteiger partial charge in [0.1, 0.15) is 16.5 Å². The highest BCUT2D eigenvalue weighted by molar-refractivity contribution is 7.90. The molecule has 1 aliphatic heterocycles. The zero-order valence-electron chi connectivity index (χ0n) is 23.6. The van der Waals surface area contributed by atoms with E-state index in [2.05, 4.69) is 40.4 Å². The lowest BCUT2D eigenvalue weighted by Gasteiger charge is -2.34. The number of rotatable bonds is 9. The highest BCUT2D eigenvalue weighted by atomic mass is 32.2. The molecule has 10 nitrogen and oxygen atoms in total. The molecule has 0 aliphatic carbocycles. The van der Waals surface area contributed by atoms with Crippen LogP contribution in [0.1, 0.15) is 64.0 Å². The average Bonchev–Trinajstić information content (AvgIpc) is 3.14. The molecule has 1 amide bonds. The molecule has 40 heavy (non-hydrogen) atoms. The number of hydrogen-bond donors (Lipinski definition) is 1. The normalized spacial score (nSPS) is 16.7. The summed E-state index contributed by atoms with van der Waals surface area (Å²) in [7, 11) is -4.33. The van der Waals surface area contributed by atoms with Gasteiger partial charge in [-0.3, -0.25) is 14.6 Å². The van der Waals surface area contributed by atoms with Crippen molar-refractivity contribution in [3.63, 3.8) is 0 Å². The van der Waals surface area contributed by atoms with E-state index in [-0.39, 0.29) is 40.0 Å². The molecule has 1 atom stereocenters. The van der Waals surface area contributed by atoms with Crippen LogP contribution >= 0.6 is 0 Å². The van der Waals surface area contributed by atoms with Crippen molar-refractivity contribution in [3.05, 3.63) is 60.0 Å². The molecule has 0 saturated carbocycles. The number of ether oxygens (including phenoxy) is 1. The number of pyridine rings is 3. The number of hydrogen-bond acceptors (Lipinski definition) is 9. The van der Waals surface area contributed by atoms with Crippen LogP contribution < -0.4 is 14.4 Å². The molecule has 0 unspecified atom stereocenters. The third-order valence-electron chi connectivity index (χ3n) is 6.62. The van der Waals surface area contributed by atoms with E-state index in [1.54, 1.807) is 24.4 Å². The van der Waals surface area contributed by atoms with Gasteiger partial charge < -0.3 is 9.64 Å². The van der Waals surface area contributed by atoms with Crippen molar-refractivity contribution < 1.29 is 22.7 Å². The summed E-state index contributed by atoms with van der Waals surface area (Å²) in [5, 5.41) is 0. The zero-order valence-corrected chi connectivity index (χ0v) is 24.4. The Morgan fingerprint density at radius 2 is 1.90 bits per heavy atom. The number of aromatic nitrogens is 3. The van der Waals surface area contributed by atoms with Gasteiger partial charge >= 0.3 is 0 Å². The molecule has 4 rings (SSSR count). The van der Waals surface area contributed by atoms with Gasteiger partial charge in [0, 0.05) is 42.5 Å². The minimum Gasteiger partial charge on any atom is -0.475 e. The molecule has 3 aromatic rings. The van der Waals surface area contributed by atoms with Crippen LogP contribution in [0.4, 0.5) is 5.82 Å². The Morgan fingerprint density at radius 1 is 1.15 bits per heavy atom. The van der Waals surface area contributed by atoms with Gasteiger partial charge in [-0.1, -0.05) is 6.92 Å². The van der Waals surface area contributed by atoms with Crippen LogP contribution in [-0.4, -0.2) is 53.2 Å². The first-order chi connectivity index (χ1) is 18.8. The molecule has 1 saturated heterocycles. The summed E-state index contributed by atoms with van der Waals surface area (Å²) in [5.74, 6) is 0.165. The van der Waals surface area contributed by atoms with Gasteiger partial charge in [-0.25, -0.2) is 23.1 Å². The van der Waals surface area contributed by atoms with Crippen molar-refractivity contribution in [3.8, 4) is 17.1 Å². The van der Waals surface area contributed by atoms with Gasteiger partial charge in [0.05, 0.1) is 23.1 Å². The van der Waals surface area contributed by atoms with E-state index in [1.807, 2.05) is 19.9 Å². The van der Waals surface area contributed by atoms with Crippen LogP contribution in [0, 0.1) is 5.92 Å². The summed E-state index contributed by atoms with van der Waals surface area (Å²) in [6.45, 7) is 12.1. The third kappa shape index (κ3) is 6.47. The van der Waals surface area contributed by atoms with Gasteiger partial charge in [-0.2, -0.15) is 0 Å². The highest BCUT2D eigenvalue weighted by Gasteiger charge is 2.39.